The van der Waals surface area contributed by atoms with Gasteiger partial charge in [0.15, 0.2) is 15.6 Å². The molecule has 0 bridgehead atoms. The van der Waals surface area contributed by atoms with E-state index in [0.29, 0.717) is 18.4 Å². The Morgan fingerprint density at radius 3 is 2.17 bits per heavy atom. The number of carbonyl (C=O) groups excluding carboxylic acids is 1. The standard InChI is InChI=1S/C15H11F3O4S/c1-23(21,22)13-8-9(15(16,17)18)6-7-11(13)14(20)10-4-2-3-5-12(10)19/h2-8,19H,1H3. The van der Waals surface area contributed by atoms with E-state index < -0.39 is 43.6 Å². The number of aromatic hydroxyl groups is 1. The fourth-order valence-corrected chi connectivity index (χ4v) is 2.91. The van der Waals surface area contributed by atoms with Gasteiger partial charge in [-0.2, -0.15) is 13.2 Å². The lowest BCUT2D eigenvalue weighted by molar-refractivity contribution is -0.137. The number of benzene rings is 2. The van der Waals surface area contributed by atoms with E-state index in [1.165, 1.54) is 24.3 Å². The van der Waals surface area contributed by atoms with Gasteiger partial charge in [-0.05, 0) is 30.3 Å². The van der Waals surface area contributed by atoms with Gasteiger partial charge in [-0.15, -0.1) is 0 Å². The highest BCUT2D eigenvalue weighted by molar-refractivity contribution is 7.90. The van der Waals surface area contributed by atoms with E-state index in [1.54, 1.807) is 0 Å². The monoisotopic (exact) mass is 344 g/mol. The van der Waals surface area contributed by atoms with E-state index in [-0.39, 0.29) is 5.56 Å². The molecule has 0 saturated heterocycles. The van der Waals surface area contributed by atoms with Crippen LogP contribution in [0.2, 0.25) is 0 Å². The van der Waals surface area contributed by atoms with Gasteiger partial charge in [-0.3, -0.25) is 4.79 Å². The van der Waals surface area contributed by atoms with Crippen molar-refractivity contribution in [1.29, 1.82) is 0 Å². The summed E-state index contributed by atoms with van der Waals surface area (Å²) in [6.45, 7) is 0. The molecular weight excluding hydrogens is 333 g/mol. The zero-order valence-corrected chi connectivity index (χ0v) is 12.6. The Hall–Kier alpha value is -2.35. The van der Waals surface area contributed by atoms with Gasteiger partial charge in [0.2, 0.25) is 0 Å². The van der Waals surface area contributed by atoms with Crippen molar-refractivity contribution in [3.63, 3.8) is 0 Å². The molecule has 2 aromatic rings. The highest BCUT2D eigenvalue weighted by atomic mass is 32.2. The largest absolute Gasteiger partial charge is 0.507 e. The Morgan fingerprint density at radius 1 is 1.04 bits per heavy atom. The number of alkyl halides is 3. The quantitative estimate of drug-likeness (QED) is 0.869. The summed E-state index contributed by atoms with van der Waals surface area (Å²) in [7, 11) is -4.08. The van der Waals surface area contributed by atoms with E-state index >= 15 is 0 Å². The molecule has 8 heteroatoms. The first kappa shape index (κ1) is 17.0. The van der Waals surface area contributed by atoms with Gasteiger partial charge in [0.25, 0.3) is 0 Å². The number of rotatable bonds is 3. The summed E-state index contributed by atoms with van der Waals surface area (Å²) in [6.07, 6.45) is -4.03. The van der Waals surface area contributed by atoms with Crippen molar-refractivity contribution in [2.24, 2.45) is 0 Å². The predicted molar refractivity (Wildman–Crippen MR) is 76.1 cm³/mol. The third-order valence-electron chi connectivity index (χ3n) is 3.10. The van der Waals surface area contributed by atoms with Crippen LogP contribution in [0.25, 0.3) is 0 Å². The smallest absolute Gasteiger partial charge is 0.416 e. The van der Waals surface area contributed by atoms with Gasteiger partial charge in [0, 0.05) is 11.8 Å². The molecule has 2 rings (SSSR count). The summed E-state index contributed by atoms with van der Waals surface area (Å²) >= 11 is 0. The minimum absolute atomic E-state index is 0.197. The second kappa shape index (κ2) is 5.69. The minimum Gasteiger partial charge on any atom is -0.507 e. The molecule has 0 spiro atoms. The topological polar surface area (TPSA) is 71.4 Å². The summed E-state index contributed by atoms with van der Waals surface area (Å²) in [6, 6.07) is 7.21. The Kier molecular flexibility index (Phi) is 4.21. The fraction of sp³-hybridized carbons (Fsp3) is 0.133. The number of phenolic OH excluding ortho intramolecular Hbond substituents is 1. The molecule has 4 nitrogen and oxygen atoms in total. The van der Waals surface area contributed by atoms with Crippen LogP contribution in [-0.2, 0) is 16.0 Å². The van der Waals surface area contributed by atoms with Gasteiger partial charge in [-0.1, -0.05) is 12.1 Å². The SMILES string of the molecule is CS(=O)(=O)c1cc(C(F)(F)F)ccc1C(=O)c1ccccc1O. The lowest BCUT2D eigenvalue weighted by Gasteiger charge is -2.12. The first-order valence-electron chi connectivity index (χ1n) is 6.26. The lowest BCUT2D eigenvalue weighted by Crippen LogP contribution is -2.13. The molecule has 0 aliphatic carbocycles. The molecule has 0 fully saturated rings. The molecular formula is C15H11F3O4S. The average Bonchev–Trinajstić information content (AvgIpc) is 2.44. The van der Waals surface area contributed by atoms with Gasteiger partial charge < -0.3 is 5.11 Å². The van der Waals surface area contributed by atoms with E-state index in [1.807, 2.05) is 0 Å². The van der Waals surface area contributed by atoms with E-state index in [9.17, 15) is 31.5 Å². The summed E-state index contributed by atoms with van der Waals surface area (Å²) in [4.78, 5) is 11.7. The molecule has 0 unspecified atom stereocenters. The Labute approximate surface area is 130 Å². The van der Waals surface area contributed by atoms with Crippen molar-refractivity contribution in [1.82, 2.24) is 0 Å². The molecule has 23 heavy (non-hydrogen) atoms. The molecule has 0 aliphatic heterocycles. The normalized spacial score (nSPS) is 12.2. The predicted octanol–water partition coefficient (Wildman–Crippen LogP) is 3.05. The summed E-state index contributed by atoms with van der Waals surface area (Å²) in [5, 5.41) is 9.67. The van der Waals surface area contributed by atoms with Crippen molar-refractivity contribution >= 4 is 15.6 Å². The van der Waals surface area contributed by atoms with Crippen molar-refractivity contribution in [2.45, 2.75) is 11.1 Å². The Balaban J connectivity index is 2.68. The molecule has 0 amide bonds. The number of hydrogen-bond acceptors (Lipinski definition) is 4. The van der Waals surface area contributed by atoms with Crippen LogP contribution in [-0.4, -0.2) is 25.6 Å². The first-order chi connectivity index (χ1) is 10.5. The molecule has 0 heterocycles. The summed E-state index contributed by atoms with van der Waals surface area (Å²) in [5.41, 5.74) is -1.80. The van der Waals surface area contributed by atoms with Crippen LogP contribution >= 0.6 is 0 Å². The average molecular weight is 344 g/mol. The van der Waals surface area contributed by atoms with Crippen molar-refractivity contribution in [3.05, 3.63) is 59.2 Å². The van der Waals surface area contributed by atoms with Gasteiger partial charge in [-0.25, -0.2) is 8.42 Å². The van der Waals surface area contributed by atoms with E-state index in [4.69, 9.17) is 0 Å². The van der Waals surface area contributed by atoms with E-state index in [2.05, 4.69) is 0 Å². The van der Waals surface area contributed by atoms with Crippen molar-refractivity contribution in [2.75, 3.05) is 6.26 Å². The number of hydrogen-bond donors (Lipinski definition) is 1. The van der Waals surface area contributed by atoms with Crippen LogP contribution < -0.4 is 0 Å². The first-order valence-corrected chi connectivity index (χ1v) is 8.15. The van der Waals surface area contributed by atoms with Crippen molar-refractivity contribution < 1.29 is 31.5 Å². The lowest BCUT2D eigenvalue weighted by atomic mass is 10.0. The maximum Gasteiger partial charge on any atom is 0.416 e. The molecule has 0 saturated carbocycles. The molecule has 122 valence electrons. The number of para-hydroxylation sites is 1. The third-order valence-corrected chi connectivity index (χ3v) is 4.24. The second-order valence-corrected chi connectivity index (χ2v) is 6.81. The number of halogens is 3. The third kappa shape index (κ3) is 3.53. The highest BCUT2D eigenvalue weighted by Crippen LogP contribution is 2.33. The summed E-state index contributed by atoms with van der Waals surface area (Å²) < 4.78 is 61.8. The van der Waals surface area contributed by atoms with Gasteiger partial charge in [0.1, 0.15) is 5.75 Å². The Bertz CT molecular complexity index is 871. The highest BCUT2D eigenvalue weighted by Gasteiger charge is 2.33. The van der Waals surface area contributed by atoms with E-state index in [0.717, 1.165) is 6.07 Å². The van der Waals surface area contributed by atoms with Crippen LogP contribution in [0.3, 0.4) is 0 Å². The Morgan fingerprint density at radius 2 is 1.65 bits per heavy atom. The zero-order valence-electron chi connectivity index (χ0n) is 11.8. The molecule has 0 radical (unpaired) electrons. The molecule has 0 aliphatic rings. The van der Waals surface area contributed by atoms with Crippen LogP contribution in [0.5, 0.6) is 5.75 Å². The van der Waals surface area contributed by atoms with Crippen LogP contribution in [0.4, 0.5) is 13.2 Å². The maximum atomic E-state index is 12.8. The van der Waals surface area contributed by atoms with Gasteiger partial charge >= 0.3 is 6.18 Å². The molecule has 0 aromatic heterocycles. The molecule has 2 aromatic carbocycles. The second-order valence-electron chi connectivity index (χ2n) is 4.83. The van der Waals surface area contributed by atoms with Gasteiger partial charge in [0.05, 0.1) is 16.0 Å². The van der Waals surface area contributed by atoms with Crippen LogP contribution in [0.15, 0.2) is 47.4 Å². The van der Waals surface area contributed by atoms with Crippen LogP contribution in [0, 0.1) is 0 Å². The number of sulfone groups is 1. The van der Waals surface area contributed by atoms with Crippen LogP contribution in [0.1, 0.15) is 21.5 Å². The number of carbonyl (C=O) groups is 1. The minimum atomic E-state index is -4.74. The molecule has 0 atom stereocenters. The number of ketones is 1. The summed E-state index contributed by atoms with van der Waals surface area (Å²) in [5.74, 6) is -1.27. The number of phenols is 1. The zero-order chi connectivity index (χ0) is 17.4. The molecule has 1 N–H and O–H groups in total. The fourth-order valence-electron chi connectivity index (χ4n) is 2.00. The van der Waals surface area contributed by atoms with Crippen molar-refractivity contribution in [3.8, 4) is 5.75 Å². The maximum absolute atomic E-state index is 12.8.